The summed E-state index contributed by atoms with van der Waals surface area (Å²) in [5, 5.41) is 0. The Morgan fingerprint density at radius 1 is 1.13 bits per heavy atom. The number of hydrogen-bond donors (Lipinski definition) is 1. The minimum absolute atomic E-state index is 0.0584. The molecule has 2 N–H and O–H groups in total. The van der Waals surface area contributed by atoms with Crippen LogP contribution in [0, 0.1) is 12.8 Å². The number of aromatic nitrogens is 4. The molecular formula is C26H39N5O7Si. The third-order valence-corrected chi connectivity index (χ3v) is 12.6. The number of aryl methyl sites for hydroxylation is 1. The SMILES string of the molecule is C=CCn1c(=O)n([C@@H]2O[C@H](CC)[C@@H](C)C2O[Si](CC)(CC)CC)c2nc(N)nc(OCc3oc(=O)oc3C)c21. The topological polar surface area (TPSA) is 150 Å². The fraction of sp³-hybridized carbons (Fsp3) is 0.615. The number of nitrogen functional groups attached to an aromatic ring is 1. The molecule has 4 heterocycles. The van der Waals surface area contributed by atoms with Gasteiger partial charge in [-0.05, 0) is 31.5 Å². The fourth-order valence-electron chi connectivity index (χ4n) is 5.41. The lowest BCUT2D eigenvalue weighted by atomic mass is 9.99. The van der Waals surface area contributed by atoms with E-state index in [9.17, 15) is 9.59 Å². The largest absolute Gasteiger partial charge is 0.519 e. The molecule has 1 unspecified atom stereocenters. The van der Waals surface area contributed by atoms with Crippen LogP contribution in [0.2, 0.25) is 18.1 Å². The van der Waals surface area contributed by atoms with Crippen LogP contribution in [-0.4, -0.2) is 39.6 Å². The van der Waals surface area contributed by atoms with Crippen molar-refractivity contribution in [2.24, 2.45) is 5.92 Å². The smallest absolute Gasteiger partial charge is 0.468 e. The number of nitrogens with two attached hydrogens (primary N) is 1. The second-order valence-electron chi connectivity index (χ2n) is 9.99. The lowest BCUT2D eigenvalue weighted by Gasteiger charge is -2.35. The Morgan fingerprint density at radius 2 is 1.82 bits per heavy atom. The lowest BCUT2D eigenvalue weighted by Crippen LogP contribution is -2.45. The molecule has 0 spiro atoms. The van der Waals surface area contributed by atoms with E-state index < -0.39 is 20.4 Å². The van der Waals surface area contributed by atoms with Gasteiger partial charge in [-0.2, -0.15) is 9.97 Å². The van der Waals surface area contributed by atoms with E-state index in [0.29, 0.717) is 5.52 Å². The monoisotopic (exact) mass is 561 g/mol. The molecule has 0 aromatic carbocycles. The first kappa shape index (κ1) is 28.8. The van der Waals surface area contributed by atoms with Crippen molar-refractivity contribution < 1.29 is 22.7 Å². The highest BCUT2D eigenvalue weighted by atomic mass is 28.4. The molecule has 4 rings (SSSR count). The Labute approximate surface area is 227 Å². The van der Waals surface area contributed by atoms with Crippen molar-refractivity contribution in [3.05, 3.63) is 45.3 Å². The average Bonchev–Trinajstić information content (AvgIpc) is 3.50. The number of fused-ring (bicyclic) bond motifs is 1. The Bertz CT molecular complexity index is 1430. The maximum atomic E-state index is 14.0. The Kier molecular flexibility index (Phi) is 8.52. The molecule has 214 valence electrons. The summed E-state index contributed by atoms with van der Waals surface area (Å²) in [4.78, 5) is 34.2. The number of allylic oxidation sites excluding steroid dienone is 1. The third-order valence-electron chi connectivity index (χ3n) is 7.95. The quantitative estimate of drug-likeness (QED) is 0.252. The fourth-order valence-corrected chi connectivity index (χ4v) is 8.32. The van der Waals surface area contributed by atoms with E-state index in [2.05, 4.69) is 51.2 Å². The van der Waals surface area contributed by atoms with Crippen LogP contribution in [0.3, 0.4) is 0 Å². The van der Waals surface area contributed by atoms with Crippen LogP contribution < -0.4 is 22.0 Å². The molecule has 12 nitrogen and oxygen atoms in total. The number of ether oxygens (including phenoxy) is 2. The van der Waals surface area contributed by atoms with E-state index in [1.54, 1.807) is 13.0 Å². The van der Waals surface area contributed by atoms with E-state index in [-0.39, 0.29) is 66.0 Å². The standard InChI is InChI=1S/C26H39N5O7Si/c1-8-13-30-19-21(28-24(27)29-22(19)34-14-18-16(7)35-26(33)37-18)31(25(30)32)23-20(15(6)17(9-2)36-23)38-39(10-3,11-4)12-5/h8,15,17,20,23H,1,9-14H2,2-7H3,(H2,27,28,29)/t15-,17-,20?,23-/m1/s1. The van der Waals surface area contributed by atoms with Crippen molar-refractivity contribution in [2.75, 3.05) is 5.73 Å². The Hall–Kier alpha value is -3.16. The molecule has 1 aliphatic heterocycles. The highest BCUT2D eigenvalue weighted by molar-refractivity contribution is 6.73. The Balaban J connectivity index is 1.87. The zero-order chi connectivity index (χ0) is 28.5. The van der Waals surface area contributed by atoms with Gasteiger partial charge >= 0.3 is 11.5 Å². The van der Waals surface area contributed by atoms with Crippen LogP contribution in [0.1, 0.15) is 58.8 Å². The first-order valence-corrected chi connectivity index (χ1v) is 16.1. The highest BCUT2D eigenvalue weighted by Gasteiger charge is 2.48. The molecule has 1 saturated heterocycles. The van der Waals surface area contributed by atoms with E-state index >= 15 is 0 Å². The maximum absolute atomic E-state index is 14.0. The van der Waals surface area contributed by atoms with Crippen LogP contribution in [0.15, 0.2) is 31.1 Å². The molecule has 3 aromatic heterocycles. The number of hydrogen-bond acceptors (Lipinski definition) is 10. The van der Waals surface area contributed by atoms with Gasteiger partial charge in [-0.3, -0.25) is 4.57 Å². The molecule has 0 bridgehead atoms. The summed E-state index contributed by atoms with van der Waals surface area (Å²) >= 11 is 0. The Morgan fingerprint density at radius 3 is 2.38 bits per heavy atom. The summed E-state index contributed by atoms with van der Waals surface area (Å²) in [6.07, 6.45) is 1.24. The average molecular weight is 562 g/mol. The summed E-state index contributed by atoms with van der Waals surface area (Å²) in [6.45, 7) is 16.1. The van der Waals surface area contributed by atoms with Gasteiger partial charge in [0.1, 0.15) is 0 Å². The maximum Gasteiger partial charge on any atom is 0.519 e. The van der Waals surface area contributed by atoms with E-state index in [0.717, 1.165) is 24.6 Å². The molecule has 0 radical (unpaired) electrons. The van der Waals surface area contributed by atoms with Gasteiger partial charge in [-0.1, -0.05) is 40.7 Å². The molecule has 1 fully saturated rings. The van der Waals surface area contributed by atoms with Crippen LogP contribution in [0.25, 0.3) is 11.2 Å². The molecule has 3 aromatic rings. The van der Waals surface area contributed by atoms with Gasteiger partial charge in [0.25, 0.3) is 0 Å². The highest BCUT2D eigenvalue weighted by Crippen LogP contribution is 2.41. The van der Waals surface area contributed by atoms with Crippen molar-refractivity contribution in [2.45, 2.75) is 97.7 Å². The van der Waals surface area contributed by atoms with Crippen molar-refractivity contribution in [3.8, 4) is 5.88 Å². The van der Waals surface area contributed by atoms with Crippen molar-refractivity contribution in [1.29, 1.82) is 0 Å². The third kappa shape index (κ3) is 5.22. The molecule has 0 aliphatic carbocycles. The number of imidazole rings is 1. The molecular weight excluding hydrogens is 522 g/mol. The second kappa shape index (κ2) is 11.5. The zero-order valence-electron chi connectivity index (χ0n) is 23.6. The predicted octanol–water partition coefficient (Wildman–Crippen LogP) is 4.13. The number of rotatable bonds is 12. The van der Waals surface area contributed by atoms with Crippen LogP contribution in [0.4, 0.5) is 5.95 Å². The first-order chi connectivity index (χ1) is 18.6. The number of nitrogens with zero attached hydrogens (tertiary/aromatic N) is 4. The van der Waals surface area contributed by atoms with Gasteiger partial charge in [-0.15, -0.1) is 6.58 Å². The first-order valence-electron chi connectivity index (χ1n) is 13.6. The van der Waals surface area contributed by atoms with Gasteiger partial charge < -0.3 is 28.5 Å². The van der Waals surface area contributed by atoms with Gasteiger partial charge in [0.15, 0.2) is 43.8 Å². The van der Waals surface area contributed by atoms with Crippen molar-refractivity contribution >= 4 is 25.4 Å². The molecule has 1 aliphatic rings. The molecule has 4 atom stereocenters. The summed E-state index contributed by atoms with van der Waals surface area (Å²) in [5.41, 5.74) is 6.35. The second-order valence-corrected chi connectivity index (χ2v) is 14.7. The van der Waals surface area contributed by atoms with Gasteiger partial charge in [0, 0.05) is 12.5 Å². The van der Waals surface area contributed by atoms with Gasteiger partial charge in [0.2, 0.25) is 11.8 Å². The van der Waals surface area contributed by atoms with Crippen LogP contribution in [-0.2, 0) is 22.3 Å². The molecule has 39 heavy (non-hydrogen) atoms. The van der Waals surface area contributed by atoms with Crippen molar-refractivity contribution in [3.63, 3.8) is 0 Å². The summed E-state index contributed by atoms with van der Waals surface area (Å²) < 4.78 is 32.4. The number of anilines is 1. The predicted molar refractivity (Wildman–Crippen MR) is 148 cm³/mol. The van der Waals surface area contributed by atoms with E-state index in [1.165, 1.54) is 9.13 Å². The minimum atomic E-state index is -2.06. The summed E-state index contributed by atoms with van der Waals surface area (Å²) in [5.74, 6) is -0.301. The van der Waals surface area contributed by atoms with Gasteiger partial charge in [0.05, 0.1) is 12.2 Å². The van der Waals surface area contributed by atoms with Crippen LogP contribution in [0.5, 0.6) is 5.88 Å². The van der Waals surface area contributed by atoms with Crippen molar-refractivity contribution in [1.82, 2.24) is 19.1 Å². The van der Waals surface area contributed by atoms with Gasteiger partial charge in [-0.25, -0.2) is 14.2 Å². The van der Waals surface area contributed by atoms with E-state index in [1.807, 2.05) is 0 Å². The lowest BCUT2D eigenvalue weighted by molar-refractivity contribution is -0.0338. The summed E-state index contributed by atoms with van der Waals surface area (Å²) in [6, 6.07) is 2.91. The molecule has 0 amide bonds. The minimum Gasteiger partial charge on any atom is -0.468 e. The zero-order valence-corrected chi connectivity index (χ0v) is 24.6. The molecule has 13 heteroatoms. The van der Waals surface area contributed by atoms with E-state index in [4.69, 9.17) is 28.5 Å². The normalized spacial score (nSPS) is 21.6. The molecule has 0 saturated carbocycles. The van der Waals surface area contributed by atoms with Crippen LogP contribution >= 0.6 is 0 Å². The summed E-state index contributed by atoms with van der Waals surface area (Å²) in [7, 11) is -2.06.